The van der Waals surface area contributed by atoms with Gasteiger partial charge in [-0.3, -0.25) is 4.79 Å². The molecule has 0 bridgehead atoms. The van der Waals surface area contributed by atoms with Crippen molar-refractivity contribution in [1.29, 1.82) is 0 Å². The molecule has 3 rings (SSSR count). The molecule has 1 atom stereocenters. The van der Waals surface area contributed by atoms with E-state index in [0.29, 0.717) is 11.7 Å². The molecule has 1 unspecified atom stereocenters. The smallest absolute Gasteiger partial charge is 0.144 e. The standard InChI is InChI=1S/C16H21NO/c18-16(12-6-2-1-3-7-12)15-11-17-10-13-8-4-5-9-14(13)15/h4-5,8-9,12,15,17H,1-3,6-7,10-11H2. The summed E-state index contributed by atoms with van der Waals surface area (Å²) in [5.74, 6) is 0.893. The van der Waals surface area contributed by atoms with Crippen molar-refractivity contribution in [3.8, 4) is 0 Å². The lowest BCUT2D eigenvalue weighted by Crippen LogP contribution is -2.36. The van der Waals surface area contributed by atoms with Gasteiger partial charge >= 0.3 is 0 Å². The summed E-state index contributed by atoms with van der Waals surface area (Å²) in [7, 11) is 0. The summed E-state index contributed by atoms with van der Waals surface area (Å²) >= 11 is 0. The van der Waals surface area contributed by atoms with Gasteiger partial charge in [0.1, 0.15) is 5.78 Å². The van der Waals surface area contributed by atoms with Crippen molar-refractivity contribution in [3.63, 3.8) is 0 Å². The number of hydrogen-bond acceptors (Lipinski definition) is 2. The van der Waals surface area contributed by atoms with Gasteiger partial charge in [-0.1, -0.05) is 43.5 Å². The van der Waals surface area contributed by atoms with Crippen LogP contribution in [0.2, 0.25) is 0 Å². The summed E-state index contributed by atoms with van der Waals surface area (Å²) in [4.78, 5) is 12.7. The largest absolute Gasteiger partial charge is 0.312 e. The van der Waals surface area contributed by atoms with Gasteiger partial charge < -0.3 is 5.32 Å². The van der Waals surface area contributed by atoms with E-state index in [-0.39, 0.29) is 5.92 Å². The lowest BCUT2D eigenvalue weighted by molar-refractivity contribution is -0.125. The molecule has 0 spiro atoms. The maximum absolute atomic E-state index is 12.7. The van der Waals surface area contributed by atoms with E-state index in [4.69, 9.17) is 0 Å². The number of fused-ring (bicyclic) bond motifs is 1. The molecule has 0 amide bonds. The first-order valence-corrected chi connectivity index (χ1v) is 7.18. The summed E-state index contributed by atoms with van der Waals surface area (Å²) in [6, 6.07) is 8.41. The van der Waals surface area contributed by atoms with E-state index < -0.39 is 0 Å². The molecule has 18 heavy (non-hydrogen) atoms. The summed E-state index contributed by atoms with van der Waals surface area (Å²) in [6.07, 6.45) is 5.99. The van der Waals surface area contributed by atoms with E-state index in [1.165, 1.54) is 30.4 Å². The molecule has 1 aliphatic carbocycles. The van der Waals surface area contributed by atoms with Crippen LogP contribution < -0.4 is 5.32 Å². The summed E-state index contributed by atoms with van der Waals surface area (Å²) < 4.78 is 0. The molecular formula is C16H21NO. The zero-order valence-electron chi connectivity index (χ0n) is 10.8. The van der Waals surface area contributed by atoms with Crippen molar-refractivity contribution in [2.45, 2.75) is 44.6 Å². The molecule has 0 aromatic heterocycles. The molecule has 2 nitrogen and oxygen atoms in total. The van der Waals surface area contributed by atoms with Crippen LogP contribution in [0.1, 0.15) is 49.1 Å². The predicted molar refractivity (Wildman–Crippen MR) is 72.5 cm³/mol. The van der Waals surface area contributed by atoms with E-state index in [1.54, 1.807) is 0 Å². The molecule has 1 heterocycles. The van der Waals surface area contributed by atoms with Crippen LogP contribution in [-0.4, -0.2) is 12.3 Å². The molecule has 2 aliphatic rings. The van der Waals surface area contributed by atoms with Gasteiger partial charge in [-0.2, -0.15) is 0 Å². The zero-order valence-corrected chi connectivity index (χ0v) is 10.8. The Morgan fingerprint density at radius 2 is 1.89 bits per heavy atom. The van der Waals surface area contributed by atoms with Crippen LogP contribution in [0.25, 0.3) is 0 Å². The Balaban J connectivity index is 1.82. The van der Waals surface area contributed by atoms with Crippen LogP contribution in [-0.2, 0) is 11.3 Å². The number of ketones is 1. The molecule has 1 N–H and O–H groups in total. The van der Waals surface area contributed by atoms with E-state index in [2.05, 4.69) is 29.6 Å². The summed E-state index contributed by atoms with van der Waals surface area (Å²) in [6.45, 7) is 1.73. The second-order valence-corrected chi connectivity index (χ2v) is 5.62. The molecule has 1 saturated carbocycles. The fourth-order valence-corrected chi connectivity index (χ4v) is 3.42. The number of nitrogens with one attached hydrogen (secondary N) is 1. The van der Waals surface area contributed by atoms with Gasteiger partial charge in [0.25, 0.3) is 0 Å². The molecule has 96 valence electrons. The molecule has 0 radical (unpaired) electrons. The number of carbonyl (C=O) groups excluding carboxylic acids is 1. The van der Waals surface area contributed by atoms with Crippen molar-refractivity contribution in [3.05, 3.63) is 35.4 Å². The molecule has 1 aromatic rings. The quantitative estimate of drug-likeness (QED) is 0.865. The molecule has 1 aliphatic heterocycles. The second-order valence-electron chi connectivity index (χ2n) is 5.62. The molecular weight excluding hydrogens is 222 g/mol. The van der Waals surface area contributed by atoms with Crippen LogP contribution in [0.5, 0.6) is 0 Å². The highest BCUT2D eigenvalue weighted by molar-refractivity contribution is 5.88. The SMILES string of the molecule is O=C(C1CCCCC1)C1CNCc2ccccc21. The number of hydrogen-bond donors (Lipinski definition) is 1. The Hall–Kier alpha value is -1.15. The van der Waals surface area contributed by atoms with Gasteiger partial charge in [0, 0.05) is 19.0 Å². The third kappa shape index (κ3) is 2.22. The lowest BCUT2D eigenvalue weighted by atomic mass is 9.77. The highest BCUT2D eigenvalue weighted by atomic mass is 16.1. The number of rotatable bonds is 2. The minimum atomic E-state index is 0.0954. The number of carbonyl (C=O) groups is 1. The van der Waals surface area contributed by atoms with Gasteiger partial charge in [-0.05, 0) is 24.0 Å². The topological polar surface area (TPSA) is 29.1 Å². The van der Waals surface area contributed by atoms with Crippen molar-refractivity contribution >= 4 is 5.78 Å². The van der Waals surface area contributed by atoms with E-state index in [1.807, 2.05) is 0 Å². The third-order valence-corrected chi connectivity index (χ3v) is 4.45. The Morgan fingerprint density at radius 1 is 1.11 bits per heavy atom. The Labute approximate surface area is 109 Å². The monoisotopic (exact) mass is 243 g/mol. The molecule has 0 saturated heterocycles. The second kappa shape index (κ2) is 5.23. The molecule has 1 fully saturated rings. The van der Waals surface area contributed by atoms with Crippen molar-refractivity contribution in [1.82, 2.24) is 5.32 Å². The Kier molecular flexibility index (Phi) is 3.46. The number of Topliss-reactive ketones (excluding diaryl/α,β-unsaturated/α-hetero) is 1. The van der Waals surface area contributed by atoms with Gasteiger partial charge in [0.2, 0.25) is 0 Å². The van der Waals surface area contributed by atoms with Crippen LogP contribution in [0.15, 0.2) is 24.3 Å². The van der Waals surface area contributed by atoms with Crippen molar-refractivity contribution < 1.29 is 4.79 Å². The summed E-state index contributed by atoms with van der Waals surface area (Å²) in [5, 5.41) is 3.39. The van der Waals surface area contributed by atoms with E-state index in [9.17, 15) is 4.79 Å². The van der Waals surface area contributed by atoms with Gasteiger partial charge in [-0.25, -0.2) is 0 Å². The first-order valence-electron chi connectivity index (χ1n) is 7.18. The Morgan fingerprint density at radius 3 is 2.72 bits per heavy atom. The average molecular weight is 243 g/mol. The highest BCUT2D eigenvalue weighted by Gasteiger charge is 2.31. The van der Waals surface area contributed by atoms with Crippen LogP contribution in [0, 0.1) is 5.92 Å². The first kappa shape index (κ1) is 11.9. The maximum atomic E-state index is 12.7. The highest BCUT2D eigenvalue weighted by Crippen LogP contribution is 2.32. The van der Waals surface area contributed by atoms with Crippen LogP contribution >= 0.6 is 0 Å². The third-order valence-electron chi connectivity index (χ3n) is 4.45. The van der Waals surface area contributed by atoms with Crippen LogP contribution in [0.4, 0.5) is 0 Å². The first-order chi connectivity index (χ1) is 8.86. The van der Waals surface area contributed by atoms with E-state index >= 15 is 0 Å². The van der Waals surface area contributed by atoms with Crippen molar-refractivity contribution in [2.75, 3.05) is 6.54 Å². The predicted octanol–water partition coefficient (Wildman–Crippen LogP) is 3.02. The zero-order chi connectivity index (χ0) is 12.4. The van der Waals surface area contributed by atoms with Gasteiger partial charge in [0.15, 0.2) is 0 Å². The van der Waals surface area contributed by atoms with Crippen LogP contribution in [0.3, 0.4) is 0 Å². The molecule has 2 heteroatoms. The fourth-order valence-electron chi connectivity index (χ4n) is 3.42. The minimum Gasteiger partial charge on any atom is -0.312 e. The number of benzene rings is 1. The summed E-state index contributed by atoms with van der Waals surface area (Å²) in [5.41, 5.74) is 2.57. The molecule has 1 aromatic carbocycles. The average Bonchev–Trinajstić information content (AvgIpc) is 2.47. The lowest BCUT2D eigenvalue weighted by Gasteiger charge is -2.30. The van der Waals surface area contributed by atoms with Gasteiger partial charge in [-0.15, -0.1) is 0 Å². The fraction of sp³-hybridized carbons (Fsp3) is 0.562. The Bertz CT molecular complexity index is 434. The normalized spacial score (nSPS) is 24.6. The maximum Gasteiger partial charge on any atom is 0.144 e. The van der Waals surface area contributed by atoms with E-state index in [0.717, 1.165) is 25.9 Å². The van der Waals surface area contributed by atoms with Crippen molar-refractivity contribution in [2.24, 2.45) is 5.92 Å². The minimum absolute atomic E-state index is 0.0954. The van der Waals surface area contributed by atoms with Gasteiger partial charge in [0.05, 0.1) is 5.92 Å².